The van der Waals surface area contributed by atoms with E-state index in [1.807, 2.05) is 41.3 Å². The minimum atomic E-state index is -0.573. The summed E-state index contributed by atoms with van der Waals surface area (Å²) >= 11 is 0. The third kappa shape index (κ3) is 3.53. The number of ether oxygens (including phenoxy) is 1. The van der Waals surface area contributed by atoms with Gasteiger partial charge in [0, 0.05) is 11.7 Å². The number of carbonyl (C=O) groups is 1. The molecule has 0 saturated heterocycles. The van der Waals surface area contributed by atoms with E-state index in [-0.39, 0.29) is 11.9 Å². The Kier molecular flexibility index (Phi) is 5.45. The summed E-state index contributed by atoms with van der Waals surface area (Å²) in [5.41, 5.74) is 2.11. The molecule has 27 heavy (non-hydrogen) atoms. The van der Waals surface area contributed by atoms with E-state index in [1.54, 1.807) is 0 Å². The third-order valence-electron chi connectivity index (χ3n) is 5.07. The summed E-state index contributed by atoms with van der Waals surface area (Å²) in [6.07, 6.45) is 0.761. The van der Waals surface area contributed by atoms with Crippen molar-refractivity contribution in [2.75, 3.05) is 11.9 Å². The van der Waals surface area contributed by atoms with Crippen molar-refractivity contribution in [3.8, 4) is 5.75 Å². The Bertz CT molecular complexity index is 798. The number of para-hydroxylation sites is 1. The van der Waals surface area contributed by atoms with E-state index in [1.165, 1.54) is 0 Å². The summed E-state index contributed by atoms with van der Waals surface area (Å²) in [6.45, 7) is 11.2. The molecule has 0 spiro atoms. The predicted octanol–water partition coefficient (Wildman–Crippen LogP) is 5.26. The standard InChI is InChI=1S/C23H30N2O2/c1-6-23(18-11-13-19(14-12-18)27-15-16(2)3)24-21-10-8-7-9-20(21)22(26)25(23)17(4)5/h7-14,16-17,24H,6,15H2,1-5H3. The monoisotopic (exact) mass is 366 g/mol. The fourth-order valence-electron chi connectivity index (χ4n) is 3.80. The maximum Gasteiger partial charge on any atom is 0.258 e. The molecule has 1 N–H and O–H groups in total. The summed E-state index contributed by atoms with van der Waals surface area (Å²) in [5, 5.41) is 3.67. The summed E-state index contributed by atoms with van der Waals surface area (Å²) in [7, 11) is 0. The molecular formula is C23H30N2O2. The summed E-state index contributed by atoms with van der Waals surface area (Å²) in [4.78, 5) is 15.3. The van der Waals surface area contributed by atoms with Crippen LogP contribution in [0.3, 0.4) is 0 Å². The van der Waals surface area contributed by atoms with E-state index in [0.717, 1.165) is 29.0 Å². The number of nitrogens with zero attached hydrogens (tertiary/aromatic N) is 1. The molecule has 0 saturated carbocycles. The highest BCUT2D eigenvalue weighted by Crippen LogP contribution is 2.41. The van der Waals surface area contributed by atoms with Crippen molar-refractivity contribution in [2.24, 2.45) is 5.92 Å². The first kappa shape index (κ1) is 19.3. The van der Waals surface area contributed by atoms with Crippen LogP contribution in [0.25, 0.3) is 0 Å². The maximum atomic E-state index is 13.3. The lowest BCUT2D eigenvalue weighted by Gasteiger charge is -2.50. The zero-order valence-electron chi connectivity index (χ0n) is 17.0. The Labute approximate surface area is 162 Å². The number of carbonyl (C=O) groups excluding carboxylic acids is 1. The lowest BCUT2D eigenvalue weighted by molar-refractivity contribution is 0.0371. The number of hydrogen-bond acceptors (Lipinski definition) is 3. The van der Waals surface area contributed by atoms with Crippen LogP contribution in [-0.2, 0) is 5.66 Å². The smallest absolute Gasteiger partial charge is 0.258 e. The van der Waals surface area contributed by atoms with E-state index in [9.17, 15) is 4.79 Å². The van der Waals surface area contributed by atoms with Gasteiger partial charge in [0.15, 0.2) is 0 Å². The van der Waals surface area contributed by atoms with Crippen molar-refractivity contribution in [2.45, 2.75) is 52.7 Å². The topological polar surface area (TPSA) is 41.6 Å². The number of amides is 1. The Morgan fingerprint density at radius 3 is 2.30 bits per heavy atom. The summed E-state index contributed by atoms with van der Waals surface area (Å²) in [5.74, 6) is 1.41. The fourth-order valence-corrected chi connectivity index (χ4v) is 3.80. The molecule has 4 heteroatoms. The number of hydrogen-bond donors (Lipinski definition) is 1. The highest BCUT2D eigenvalue weighted by atomic mass is 16.5. The van der Waals surface area contributed by atoms with Gasteiger partial charge in [0.2, 0.25) is 0 Å². The van der Waals surface area contributed by atoms with Crippen molar-refractivity contribution in [3.63, 3.8) is 0 Å². The second kappa shape index (κ2) is 7.63. The Hall–Kier alpha value is -2.49. The number of rotatable bonds is 6. The van der Waals surface area contributed by atoms with Gasteiger partial charge in [0.1, 0.15) is 11.4 Å². The molecule has 1 amide bonds. The van der Waals surface area contributed by atoms with E-state index in [4.69, 9.17) is 4.74 Å². The molecule has 2 aromatic rings. The first-order valence-corrected chi connectivity index (χ1v) is 9.83. The highest BCUT2D eigenvalue weighted by Gasteiger charge is 2.45. The minimum absolute atomic E-state index is 0.0650. The van der Waals surface area contributed by atoms with Crippen LogP contribution in [0.5, 0.6) is 5.75 Å². The van der Waals surface area contributed by atoms with Gasteiger partial charge in [0.25, 0.3) is 5.91 Å². The summed E-state index contributed by atoms with van der Waals surface area (Å²) in [6, 6.07) is 16.0. The van der Waals surface area contributed by atoms with Gasteiger partial charge in [-0.1, -0.05) is 45.0 Å². The van der Waals surface area contributed by atoms with Gasteiger partial charge in [-0.3, -0.25) is 4.79 Å². The van der Waals surface area contributed by atoms with Crippen LogP contribution in [0.15, 0.2) is 48.5 Å². The molecule has 0 bridgehead atoms. The van der Waals surface area contributed by atoms with Crippen molar-refractivity contribution in [3.05, 3.63) is 59.7 Å². The van der Waals surface area contributed by atoms with E-state index >= 15 is 0 Å². The Morgan fingerprint density at radius 2 is 1.70 bits per heavy atom. The highest BCUT2D eigenvalue weighted by molar-refractivity contribution is 6.02. The molecular weight excluding hydrogens is 336 g/mol. The minimum Gasteiger partial charge on any atom is -0.493 e. The summed E-state index contributed by atoms with van der Waals surface area (Å²) < 4.78 is 5.83. The average Bonchev–Trinajstić information content (AvgIpc) is 2.66. The van der Waals surface area contributed by atoms with Crippen LogP contribution in [0.1, 0.15) is 57.0 Å². The average molecular weight is 367 g/mol. The second-order valence-corrected chi connectivity index (χ2v) is 7.88. The van der Waals surface area contributed by atoms with Gasteiger partial charge in [-0.05, 0) is 56.0 Å². The molecule has 1 heterocycles. The molecule has 2 aromatic carbocycles. The van der Waals surface area contributed by atoms with Gasteiger partial charge < -0.3 is 15.0 Å². The Balaban J connectivity index is 2.02. The normalized spacial score (nSPS) is 19.2. The SMILES string of the molecule is CCC1(c2ccc(OCC(C)C)cc2)Nc2ccccc2C(=O)N1C(C)C. The molecule has 0 fully saturated rings. The van der Waals surface area contributed by atoms with Gasteiger partial charge in [-0.2, -0.15) is 0 Å². The molecule has 0 radical (unpaired) electrons. The molecule has 1 aliphatic heterocycles. The maximum absolute atomic E-state index is 13.3. The fraction of sp³-hybridized carbons (Fsp3) is 0.435. The molecule has 0 aliphatic carbocycles. The lowest BCUT2D eigenvalue weighted by Crippen LogP contribution is -2.59. The largest absolute Gasteiger partial charge is 0.493 e. The molecule has 1 atom stereocenters. The van der Waals surface area contributed by atoms with E-state index in [2.05, 4.69) is 52.1 Å². The van der Waals surface area contributed by atoms with Crippen LogP contribution in [-0.4, -0.2) is 23.5 Å². The van der Waals surface area contributed by atoms with Gasteiger partial charge in [-0.25, -0.2) is 0 Å². The molecule has 4 nitrogen and oxygen atoms in total. The van der Waals surface area contributed by atoms with Crippen LogP contribution in [0.4, 0.5) is 5.69 Å². The van der Waals surface area contributed by atoms with Crippen molar-refractivity contribution < 1.29 is 9.53 Å². The number of nitrogens with one attached hydrogen (secondary N) is 1. The lowest BCUT2D eigenvalue weighted by atomic mass is 9.88. The van der Waals surface area contributed by atoms with E-state index in [0.29, 0.717) is 12.5 Å². The van der Waals surface area contributed by atoms with Crippen molar-refractivity contribution in [1.29, 1.82) is 0 Å². The van der Waals surface area contributed by atoms with Gasteiger partial charge in [0.05, 0.1) is 12.2 Å². The molecule has 1 unspecified atom stereocenters. The second-order valence-electron chi connectivity index (χ2n) is 7.88. The zero-order chi connectivity index (χ0) is 19.6. The van der Waals surface area contributed by atoms with Crippen molar-refractivity contribution >= 4 is 11.6 Å². The van der Waals surface area contributed by atoms with Gasteiger partial charge in [-0.15, -0.1) is 0 Å². The molecule has 144 valence electrons. The quantitative estimate of drug-likeness (QED) is 0.758. The first-order chi connectivity index (χ1) is 12.9. The van der Waals surface area contributed by atoms with Crippen LogP contribution >= 0.6 is 0 Å². The third-order valence-corrected chi connectivity index (χ3v) is 5.07. The Morgan fingerprint density at radius 1 is 1.04 bits per heavy atom. The van der Waals surface area contributed by atoms with E-state index < -0.39 is 5.66 Å². The van der Waals surface area contributed by atoms with Crippen LogP contribution in [0.2, 0.25) is 0 Å². The molecule has 0 aromatic heterocycles. The molecule has 3 rings (SSSR count). The van der Waals surface area contributed by atoms with Gasteiger partial charge >= 0.3 is 0 Å². The predicted molar refractivity (Wildman–Crippen MR) is 110 cm³/mol. The molecule has 1 aliphatic rings. The van der Waals surface area contributed by atoms with Crippen LogP contribution in [0, 0.1) is 5.92 Å². The zero-order valence-corrected chi connectivity index (χ0v) is 17.0. The number of fused-ring (bicyclic) bond motifs is 1. The first-order valence-electron chi connectivity index (χ1n) is 9.83. The number of benzene rings is 2. The van der Waals surface area contributed by atoms with Crippen LogP contribution < -0.4 is 10.1 Å². The van der Waals surface area contributed by atoms with Crippen molar-refractivity contribution in [1.82, 2.24) is 4.90 Å². The number of anilines is 1.